The molecule has 3 aliphatic rings. The van der Waals surface area contributed by atoms with Crippen molar-refractivity contribution in [2.24, 2.45) is 5.14 Å². The summed E-state index contributed by atoms with van der Waals surface area (Å²) in [6.45, 7) is -0.416. The number of sulfonamides is 2. The van der Waals surface area contributed by atoms with E-state index < -0.39 is 69.5 Å². The smallest absolute Gasteiger partial charge is 0.484 e. The number of halogens is 12. The lowest BCUT2D eigenvalue weighted by Gasteiger charge is -2.21. The quantitative estimate of drug-likeness (QED) is 0.0416. The van der Waals surface area contributed by atoms with Crippen LogP contribution in [0.15, 0.2) is 205 Å². The molecule has 6 unspecified atom stereocenters. The number of nitrogens with two attached hydrogens (primary N) is 1. The zero-order valence-corrected chi connectivity index (χ0v) is 57.5. The summed E-state index contributed by atoms with van der Waals surface area (Å²) < 4.78 is 213. The first-order valence-electron chi connectivity index (χ1n) is 33.0. The monoisotopic (exact) mass is 1510 g/mol. The number of alkyl halides is 12. The normalized spacial score (nSPS) is 18.2. The number of para-hydroxylation sites is 1. The Morgan fingerprint density at radius 3 is 1.12 bits per heavy atom. The van der Waals surface area contributed by atoms with Crippen LogP contribution in [0.3, 0.4) is 0 Å². The van der Waals surface area contributed by atoms with Crippen LogP contribution >= 0.6 is 0 Å². The molecule has 6 atom stereocenters. The maximum atomic E-state index is 12.9. The summed E-state index contributed by atoms with van der Waals surface area (Å²) in [6.07, 6.45) is -10.6. The number of aromatic nitrogens is 6. The third kappa shape index (κ3) is 17.6. The van der Waals surface area contributed by atoms with Crippen molar-refractivity contribution in [2.75, 3.05) is 24.5 Å². The van der Waals surface area contributed by atoms with Gasteiger partial charge in [0.05, 0.1) is 49.3 Å². The van der Waals surface area contributed by atoms with Gasteiger partial charge in [-0.3, -0.25) is 4.72 Å². The summed E-state index contributed by atoms with van der Waals surface area (Å²) in [5.74, 6) is 3.98. The maximum Gasteiger partial charge on any atom is 0.516 e. The predicted molar refractivity (Wildman–Crippen MR) is 374 cm³/mol. The summed E-state index contributed by atoms with van der Waals surface area (Å²) in [6, 6.07) is 56.6. The Morgan fingerprint density at radius 2 is 0.764 bits per heavy atom. The van der Waals surface area contributed by atoms with E-state index in [0.29, 0.717) is 33.5 Å². The van der Waals surface area contributed by atoms with Crippen LogP contribution in [0.1, 0.15) is 108 Å². The summed E-state index contributed by atoms with van der Waals surface area (Å²) in [5.41, 5.74) is 5.75. The van der Waals surface area contributed by atoms with Crippen molar-refractivity contribution < 1.29 is 88.8 Å². The van der Waals surface area contributed by atoms with Crippen molar-refractivity contribution in [1.82, 2.24) is 29.9 Å². The Bertz CT molecular complexity index is 5430. The molecule has 3 aromatic heterocycles. The first-order valence-corrected chi connectivity index (χ1v) is 36.0. The van der Waals surface area contributed by atoms with Crippen LogP contribution in [0.5, 0.6) is 17.2 Å². The van der Waals surface area contributed by atoms with Crippen LogP contribution in [0.25, 0.3) is 66.5 Å². The van der Waals surface area contributed by atoms with E-state index in [4.69, 9.17) is 24.3 Å². The maximum absolute atomic E-state index is 12.9. The number of ether oxygens (including phenoxy) is 3. The average molecular weight is 1510 g/mol. The highest BCUT2D eigenvalue weighted by Gasteiger charge is 2.47. The number of hydrogen-bond donors (Lipinski definition) is 6. The molecule has 0 bridgehead atoms. The fourth-order valence-electron chi connectivity index (χ4n) is 12.9. The third-order valence-electron chi connectivity index (χ3n) is 18.2. The van der Waals surface area contributed by atoms with E-state index in [2.05, 4.69) is 31.0 Å². The van der Waals surface area contributed by atoms with Crippen molar-refractivity contribution >= 4 is 58.8 Å². The second kappa shape index (κ2) is 28.5. The molecule has 7 N–H and O–H groups in total. The van der Waals surface area contributed by atoms with Crippen LogP contribution in [-0.4, -0.2) is 95.7 Å². The van der Waals surface area contributed by atoms with Gasteiger partial charge in [-0.25, -0.2) is 28.5 Å². The van der Waals surface area contributed by atoms with Gasteiger partial charge in [0.1, 0.15) is 34.7 Å². The van der Waals surface area contributed by atoms with Gasteiger partial charge in [0.15, 0.2) is 19.8 Å². The molecule has 552 valence electrons. The van der Waals surface area contributed by atoms with E-state index >= 15 is 0 Å². The SMILES string of the molecule is CC(C)(O)c1ccccc1-c1ccc2nc(C3CC3c3ccc(OCC(F)(F)F)cc3)[nH]c2c1.NS(=O)(=O)c1ccccc1-c1ccc2nc(C3CC3c3ccc(OCC(F)(F)F)cc3)[nH]c2c1.O=S(=O)(Nc1ccccc1-c1ccc2nc(C3CC3c3ccc(OCC(F)(F)F)cc3)[nH]c2c1)C(F)(F)F. The highest BCUT2D eigenvalue weighted by Crippen LogP contribution is 2.57. The minimum atomic E-state index is -5.60. The number of benzene rings is 9. The molecule has 12 aromatic rings. The Morgan fingerprint density at radius 1 is 0.434 bits per heavy atom. The van der Waals surface area contributed by atoms with Gasteiger partial charge in [-0.15, -0.1) is 0 Å². The third-order valence-corrected chi connectivity index (χ3v) is 20.3. The van der Waals surface area contributed by atoms with Gasteiger partial charge in [0.2, 0.25) is 10.0 Å². The van der Waals surface area contributed by atoms with Gasteiger partial charge >= 0.3 is 34.1 Å². The molecule has 3 saturated carbocycles. The molecule has 9 aromatic carbocycles. The van der Waals surface area contributed by atoms with Crippen molar-refractivity contribution in [3.63, 3.8) is 0 Å². The van der Waals surface area contributed by atoms with E-state index in [0.717, 1.165) is 86.4 Å². The molecular formula is C76H64F12N8O8S2. The first kappa shape index (κ1) is 73.9. The zero-order valence-electron chi connectivity index (χ0n) is 55.8. The molecule has 15 rings (SSSR count). The molecule has 106 heavy (non-hydrogen) atoms. The highest BCUT2D eigenvalue weighted by atomic mass is 32.2. The molecule has 0 amide bonds. The van der Waals surface area contributed by atoms with Crippen LogP contribution in [-0.2, 0) is 25.6 Å². The number of aromatic amines is 3. The van der Waals surface area contributed by atoms with E-state index in [1.165, 1.54) is 36.4 Å². The highest BCUT2D eigenvalue weighted by molar-refractivity contribution is 7.93. The summed E-state index contributed by atoms with van der Waals surface area (Å²) >= 11 is 0. The van der Waals surface area contributed by atoms with Crippen molar-refractivity contribution in [3.8, 4) is 50.6 Å². The van der Waals surface area contributed by atoms with Gasteiger partial charge < -0.3 is 34.3 Å². The van der Waals surface area contributed by atoms with E-state index in [1.54, 1.807) is 116 Å². The average Bonchev–Trinajstić information content (AvgIpc) is 1.60. The number of anilines is 1. The topological polar surface area (TPSA) is 240 Å². The number of imidazole rings is 3. The predicted octanol–water partition coefficient (Wildman–Crippen LogP) is 18.5. The van der Waals surface area contributed by atoms with Crippen LogP contribution < -0.4 is 24.1 Å². The largest absolute Gasteiger partial charge is 0.516 e. The number of rotatable bonds is 19. The summed E-state index contributed by atoms with van der Waals surface area (Å²) in [7, 11) is -9.47. The Balaban J connectivity index is 0.000000141. The number of H-pyrrole nitrogens is 3. The molecule has 3 heterocycles. The summed E-state index contributed by atoms with van der Waals surface area (Å²) in [5, 5.41) is 15.9. The minimum Gasteiger partial charge on any atom is -0.484 e. The molecule has 16 nitrogen and oxygen atoms in total. The number of nitrogens with one attached hydrogen (secondary N) is 4. The van der Waals surface area contributed by atoms with Gasteiger partial charge in [-0.05, 0) is 180 Å². The molecule has 0 radical (unpaired) electrons. The van der Waals surface area contributed by atoms with Crippen molar-refractivity contribution in [2.45, 2.75) is 103 Å². The molecule has 0 saturated heterocycles. The second-order valence-electron chi connectivity index (χ2n) is 26.6. The number of aliphatic hydroxyl groups is 1. The van der Waals surface area contributed by atoms with Gasteiger partial charge in [-0.1, -0.05) is 115 Å². The van der Waals surface area contributed by atoms with Crippen LogP contribution in [0, 0.1) is 0 Å². The van der Waals surface area contributed by atoms with Gasteiger partial charge in [0, 0.05) is 28.9 Å². The number of fused-ring (bicyclic) bond motifs is 3. The van der Waals surface area contributed by atoms with Crippen LogP contribution in [0.4, 0.5) is 58.4 Å². The standard InChI is InChI=1S/C27H25F3N2O2.C25H19F6N3O3S.C24H20F3N3O3S/c1-26(2,33)22-6-4-3-5-19(22)17-9-12-23-24(13-17)32-25(31-23)21-14-20(21)16-7-10-18(11-8-16)34-15-27(28,29)30;26-24(27,28)13-37-16-8-5-14(6-9-16)18-12-19(18)23-32-21-10-7-15(11-22(21)33-23)17-3-1-2-4-20(17)34-38(35,36)25(29,30)31;25-24(26,27)13-33-16-8-5-14(6-9-16)18-12-19(18)23-29-20-10-7-15(11-21(20)30-23)17-3-1-2-4-22(17)34(28,31)32/h3-13,20-21,33H,14-15H2,1-2H3,(H,31,32);1-11,18-19,34H,12-13H2,(H,32,33);1-11,18-19H,12-13H2,(H,29,30)(H2,28,31,32). The van der Waals surface area contributed by atoms with Crippen molar-refractivity contribution in [3.05, 3.63) is 240 Å². The lowest BCUT2D eigenvalue weighted by Crippen LogP contribution is -2.30. The molecule has 30 heteroatoms. The Labute approximate surface area is 598 Å². The summed E-state index contributed by atoms with van der Waals surface area (Å²) in [4.78, 5) is 24.1. The minimum absolute atomic E-state index is 0.0543. The fraction of sp³-hybridized carbons (Fsp3) is 0.250. The first-order chi connectivity index (χ1) is 50.0. The van der Waals surface area contributed by atoms with E-state index in [1.807, 2.05) is 60.7 Å². The number of hydrogen-bond acceptors (Lipinski definition) is 11. The van der Waals surface area contributed by atoms with Gasteiger partial charge in [0.25, 0.3) is 0 Å². The Kier molecular flexibility index (Phi) is 19.8. The van der Waals surface area contributed by atoms with E-state index in [-0.39, 0.29) is 68.9 Å². The number of primary sulfonamides is 1. The van der Waals surface area contributed by atoms with E-state index in [9.17, 15) is 74.6 Å². The second-order valence-corrected chi connectivity index (χ2v) is 29.8. The lowest BCUT2D eigenvalue weighted by molar-refractivity contribution is -0.154. The fourth-order valence-corrected chi connectivity index (χ4v) is 14.2. The van der Waals surface area contributed by atoms with Crippen LogP contribution in [0.2, 0.25) is 0 Å². The van der Waals surface area contributed by atoms with Crippen molar-refractivity contribution in [1.29, 1.82) is 0 Å². The number of nitrogens with zero attached hydrogens (tertiary/aromatic N) is 3. The molecule has 3 fully saturated rings. The molecule has 0 spiro atoms. The Hall–Kier alpha value is -10.4. The zero-order chi connectivity index (χ0) is 75.5. The molecular weight excluding hydrogens is 1440 g/mol. The molecule has 3 aliphatic carbocycles. The van der Waals surface area contributed by atoms with Gasteiger partial charge in [-0.2, -0.15) is 61.1 Å². The molecule has 0 aliphatic heterocycles. The lowest BCUT2D eigenvalue weighted by atomic mass is 9.89.